The number of ether oxygens (including phenoxy) is 4. The number of aliphatic hydroxyl groups is 1. The highest BCUT2D eigenvalue weighted by molar-refractivity contribution is 7.47. The monoisotopic (exact) mass is 1250 g/mol. The molecule has 0 bridgehead atoms. The molecule has 0 aliphatic rings. The van der Waals surface area contributed by atoms with E-state index in [9.17, 15) is 43.2 Å². The molecule has 3 N–H and O–H groups in total. The molecular weight excluding hydrogens is 1130 g/mol. The van der Waals surface area contributed by atoms with Gasteiger partial charge in [-0.25, -0.2) is 9.13 Å². The molecule has 2 unspecified atom stereocenters. The van der Waals surface area contributed by atoms with Gasteiger partial charge in [0.25, 0.3) is 0 Å². The summed E-state index contributed by atoms with van der Waals surface area (Å²) in [6.07, 6.45) is 42.1. The summed E-state index contributed by atoms with van der Waals surface area (Å²) < 4.78 is 67.9. The van der Waals surface area contributed by atoms with E-state index in [1.54, 1.807) is 0 Å². The molecule has 0 spiro atoms. The number of unbranched alkanes of at least 4 members (excludes halogenated alkanes) is 35. The zero-order chi connectivity index (χ0) is 62.9. The SMILES string of the molecule is CCCCCCCCCCCCCCCCCCCCC(=O)O[C@H](COC(=O)CCCCCCCCCCC(C)C)COP(=O)(O)OC[C@@H](O)COP(=O)(O)OC[C@@H](COC(=O)CCCCCCCCC)OC(=O)CCCCCCCCC(C)C. The molecule has 0 radical (unpaired) electrons. The molecule has 0 amide bonds. The molecule has 17 nitrogen and oxygen atoms in total. The third kappa shape index (κ3) is 60.7. The molecule has 0 aromatic rings. The third-order valence-corrected chi connectivity index (χ3v) is 17.1. The van der Waals surface area contributed by atoms with Crippen LogP contribution in [0.5, 0.6) is 0 Å². The smallest absolute Gasteiger partial charge is 0.462 e. The van der Waals surface area contributed by atoms with Gasteiger partial charge >= 0.3 is 39.5 Å². The van der Waals surface area contributed by atoms with Crippen LogP contribution in [0.2, 0.25) is 0 Å². The minimum absolute atomic E-state index is 0.102. The van der Waals surface area contributed by atoms with Crippen LogP contribution in [0.1, 0.15) is 330 Å². The van der Waals surface area contributed by atoms with E-state index in [-0.39, 0.29) is 25.7 Å². The quantitative estimate of drug-likeness (QED) is 0.0222. The molecule has 5 atom stereocenters. The summed E-state index contributed by atoms with van der Waals surface area (Å²) in [7, 11) is -9.88. The lowest BCUT2D eigenvalue weighted by Crippen LogP contribution is -2.30. The van der Waals surface area contributed by atoms with E-state index in [2.05, 4.69) is 41.5 Å². The Morgan fingerprint density at radius 1 is 0.318 bits per heavy atom. The summed E-state index contributed by atoms with van der Waals surface area (Å²) in [5.74, 6) is -0.744. The van der Waals surface area contributed by atoms with Gasteiger partial charge in [0.1, 0.15) is 19.3 Å². The van der Waals surface area contributed by atoms with Crippen molar-refractivity contribution in [1.82, 2.24) is 0 Å². The highest BCUT2D eigenvalue weighted by atomic mass is 31.2. The molecule has 0 aliphatic heterocycles. The maximum Gasteiger partial charge on any atom is 0.472 e. The second kappa shape index (κ2) is 58.4. The Morgan fingerprint density at radius 2 is 0.541 bits per heavy atom. The molecule has 504 valence electrons. The maximum atomic E-state index is 13.0. The lowest BCUT2D eigenvalue weighted by Gasteiger charge is -2.21. The van der Waals surface area contributed by atoms with E-state index in [0.29, 0.717) is 31.6 Å². The summed E-state index contributed by atoms with van der Waals surface area (Å²) >= 11 is 0. The van der Waals surface area contributed by atoms with Gasteiger partial charge in [-0.3, -0.25) is 37.3 Å². The average Bonchev–Trinajstić information content (AvgIpc) is 3.57. The van der Waals surface area contributed by atoms with Crippen LogP contribution < -0.4 is 0 Å². The first kappa shape index (κ1) is 83.1. The third-order valence-electron chi connectivity index (χ3n) is 15.2. The lowest BCUT2D eigenvalue weighted by molar-refractivity contribution is -0.161. The number of rotatable bonds is 65. The molecule has 0 rings (SSSR count). The van der Waals surface area contributed by atoms with Gasteiger partial charge in [0.2, 0.25) is 0 Å². The van der Waals surface area contributed by atoms with E-state index in [4.69, 9.17) is 37.0 Å². The second-order valence-electron chi connectivity index (χ2n) is 24.8. The highest BCUT2D eigenvalue weighted by Gasteiger charge is 2.30. The van der Waals surface area contributed by atoms with Crippen molar-refractivity contribution in [2.45, 2.75) is 349 Å². The zero-order valence-electron chi connectivity index (χ0n) is 54.9. The summed E-state index contributed by atoms with van der Waals surface area (Å²) in [6, 6.07) is 0. The van der Waals surface area contributed by atoms with E-state index in [1.807, 2.05) is 0 Å². The molecule has 19 heteroatoms. The Bertz CT molecular complexity index is 1670. The maximum absolute atomic E-state index is 13.0. The number of hydrogen-bond donors (Lipinski definition) is 3. The van der Waals surface area contributed by atoms with Crippen LogP contribution in [0.3, 0.4) is 0 Å². The van der Waals surface area contributed by atoms with Crippen molar-refractivity contribution in [2.75, 3.05) is 39.6 Å². The number of esters is 4. The summed E-state index contributed by atoms with van der Waals surface area (Å²) in [5.41, 5.74) is 0. The number of phosphoric acid groups is 2. The van der Waals surface area contributed by atoms with Crippen LogP contribution in [-0.2, 0) is 65.4 Å². The van der Waals surface area contributed by atoms with Crippen LogP contribution >= 0.6 is 15.6 Å². The van der Waals surface area contributed by atoms with Gasteiger partial charge in [-0.05, 0) is 37.5 Å². The minimum Gasteiger partial charge on any atom is -0.462 e. The molecule has 0 saturated heterocycles. The van der Waals surface area contributed by atoms with Crippen molar-refractivity contribution >= 4 is 39.5 Å². The Hall–Kier alpha value is -1.94. The Morgan fingerprint density at radius 3 is 0.800 bits per heavy atom. The van der Waals surface area contributed by atoms with Crippen LogP contribution in [0.15, 0.2) is 0 Å². The Balaban J connectivity index is 5.17. The van der Waals surface area contributed by atoms with Crippen LogP contribution in [-0.4, -0.2) is 96.7 Å². The molecule has 0 heterocycles. The lowest BCUT2D eigenvalue weighted by atomic mass is 10.0. The number of aliphatic hydroxyl groups excluding tert-OH is 1. The van der Waals surface area contributed by atoms with Crippen LogP contribution in [0, 0.1) is 11.8 Å². The molecule has 0 fully saturated rings. The highest BCUT2D eigenvalue weighted by Crippen LogP contribution is 2.45. The fourth-order valence-electron chi connectivity index (χ4n) is 9.88. The van der Waals surface area contributed by atoms with E-state index >= 15 is 0 Å². The number of hydrogen-bond acceptors (Lipinski definition) is 15. The Labute approximate surface area is 517 Å². The van der Waals surface area contributed by atoms with Gasteiger partial charge in [0, 0.05) is 25.7 Å². The van der Waals surface area contributed by atoms with Gasteiger partial charge in [0.05, 0.1) is 26.4 Å². The normalized spacial score (nSPS) is 14.2. The van der Waals surface area contributed by atoms with Crippen molar-refractivity contribution < 1.29 is 80.2 Å². The first-order valence-corrected chi connectivity index (χ1v) is 37.5. The van der Waals surface area contributed by atoms with E-state index in [1.165, 1.54) is 135 Å². The van der Waals surface area contributed by atoms with Gasteiger partial charge < -0.3 is 33.8 Å². The second-order valence-corrected chi connectivity index (χ2v) is 27.7. The van der Waals surface area contributed by atoms with Crippen LogP contribution in [0.25, 0.3) is 0 Å². The topological polar surface area (TPSA) is 237 Å². The van der Waals surface area contributed by atoms with Gasteiger partial charge in [-0.15, -0.1) is 0 Å². The first-order valence-electron chi connectivity index (χ1n) is 34.5. The standard InChI is InChI=1S/C66H128O17P2/c1-7-9-11-13-15-16-17-18-19-20-21-22-23-24-25-31-38-44-50-65(70)82-61(55-77-64(69)49-43-37-30-27-26-29-34-40-46-58(3)4)56-80-84(72,73)78-52-60(67)53-79-85(74,75)81-57-62(54-76-63(68)48-42-36-28-14-12-10-8-2)83-66(71)51-45-39-33-32-35-41-47-59(5)6/h58-62,67H,7-57H2,1-6H3,(H,72,73)(H,74,75)/t60-,61-,62-/m1/s1. The summed E-state index contributed by atoms with van der Waals surface area (Å²) in [5, 5.41) is 10.5. The first-order chi connectivity index (χ1) is 40.9. The predicted octanol–water partition coefficient (Wildman–Crippen LogP) is 18.4. The van der Waals surface area contributed by atoms with Crippen molar-refractivity contribution in [2.24, 2.45) is 11.8 Å². The minimum atomic E-state index is -4.95. The molecule has 0 aromatic carbocycles. The molecule has 0 saturated carbocycles. The van der Waals surface area contributed by atoms with Crippen molar-refractivity contribution in [1.29, 1.82) is 0 Å². The summed E-state index contributed by atoms with van der Waals surface area (Å²) in [4.78, 5) is 72.1. The van der Waals surface area contributed by atoms with Gasteiger partial charge in [-0.1, -0.05) is 279 Å². The predicted molar refractivity (Wildman–Crippen MR) is 340 cm³/mol. The van der Waals surface area contributed by atoms with E-state index < -0.39 is 97.5 Å². The largest absolute Gasteiger partial charge is 0.472 e. The average molecular weight is 1260 g/mol. The number of carbonyl (C=O) groups excluding carboxylic acids is 4. The van der Waals surface area contributed by atoms with E-state index in [0.717, 1.165) is 109 Å². The van der Waals surface area contributed by atoms with Crippen molar-refractivity contribution in [3.8, 4) is 0 Å². The fraction of sp³-hybridized carbons (Fsp3) is 0.939. The molecule has 85 heavy (non-hydrogen) atoms. The van der Waals surface area contributed by atoms with Gasteiger partial charge in [0.15, 0.2) is 12.2 Å². The van der Waals surface area contributed by atoms with Crippen LogP contribution in [0.4, 0.5) is 0 Å². The molecule has 0 aromatic heterocycles. The number of carbonyl (C=O) groups is 4. The van der Waals surface area contributed by atoms with Gasteiger partial charge in [-0.2, -0.15) is 0 Å². The zero-order valence-corrected chi connectivity index (χ0v) is 56.7. The Kier molecular flexibility index (Phi) is 57.1. The fourth-order valence-corrected chi connectivity index (χ4v) is 11.5. The molecule has 0 aliphatic carbocycles. The summed E-state index contributed by atoms with van der Waals surface area (Å²) in [6.45, 7) is 9.34. The van der Waals surface area contributed by atoms with Crippen molar-refractivity contribution in [3.63, 3.8) is 0 Å². The molecular formula is C66H128O17P2. The van der Waals surface area contributed by atoms with Crippen molar-refractivity contribution in [3.05, 3.63) is 0 Å². The number of phosphoric ester groups is 2.